The monoisotopic (exact) mass is 337 g/mol. The number of aromatic amines is 1. The minimum atomic E-state index is 0.535. The van der Waals surface area contributed by atoms with Crippen molar-refractivity contribution in [1.82, 2.24) is 14.9 Å². The lowest BCUT2D eigenvalue weighted by molar-refractivity contribution is 0.266. The standard InChI is InChI=1S/C20H27N5/c1-13(2)25(5)12-14-6-7-17-15(10-14)11-18(24-17)16-8-9-23-20(22-4)19(16)21-3/h6-11,13,21,24H,12H2,1-5H3,(H,22,23). The second kappa shape index (κ2) is 7.15. The molecule has 0 saturated carbocycles. The third kappa shape index (κ3) is 3.46. The summed E-state index contributed by atoms with van der Waals surface area (Å²) in [7, 11) is 5.96. The Morgan fingerprint density at radius 2 is 1.92 bits per heavy atom. The maximum absolute atomic E-state index is 4.38. The molecular formula is C20H27N5. The summed E-state index contributed by atoms with van der Waals surface area (Å²) >= 11 is 0. The highest BCUT2D eigenvalue weighted by molar-refractivity contribution is 5.91. The van der Waals surface area contributed by atoms with E-state index in [1.807, 2.05) is 26.4 Å². The van der Waals surface area contributed by atoms with Crippen LogP contribution in [0.1, 0.15) is 19.4 Å². The zero-order valence-corrected chi connectivity index (χ0v) is 15.6. The second-order valence-electron chi connectivity index (χ2n) is 6.70. The molecular weight excluding hydrogens is 310 g/mol. The lowest BCUT2D eigenvalue weighted by Gasteiger charge is -2.20. The van der Waals surface area contributed by atoms with Gasteiger partial charge in [-0.1, -0.05) is 6.07 Å². The number of H-pyrrole nitrogens is 1. The summed E-state index contributed by atoms with van der Waals surface area (Å²) in [6.45, 7) is 5.39. The van der Waals surface area contributed by atoms with Gasteiger partial charge in [-0.05, 0) is 50.7 Å². The minimum Gasteiger partial charge on any atom is -0.385 e. The number of nitrogens with one attached hydrogen (secondary N) is 3. The van der Waals surface area contributed by atoms with Crippen LogP contribution in [0.2, 0.25) is 0 Å². The fourth-order valence-electron chi connectivity index (χ4n) is 3.02. The molecule has 25 heavy (non-hydrogen) atoms. The summed E-state index contributed by atoms with van der Waals surface area (Å²) in [6.07, 6.45) is 1.83. The molecule has 2 heterocycles. The molecule has 3 aromatic rings. The number of hydrogen-bond acceptors (Lipinski definition) is 4. The van der Waals surface area contributed by atoms with Crippen molar-refractivity contribution in [2.75, 3.05) is 31.8 Å². The predicted octanol–water partition coefficient (Wildman–Crippen LogP) is 4.15. The van der Waals surface area contributed by atoms with Crippen LogP contribution in [-0.2, 0) is 6.54 Å². The smallest absolute Gasteiger partial charge is 0.149 e. The van der Waals surface area contributed by atoms with Gasteiger partial charge in [0.15, 0.2) is 0 Å². The molecule has 0 bridgehead atoms. The van der Waals surface area contributed by atoms with E-state index >= 15 is 0 Å². The van der Waals surface area contributed by atoms with Gasteiger partial charge >= 0.3 is 0 Å². The molecule has 5 heteroatoms. The predicted molar refractivity (Wildman–Crippen MR) is 107 cm³/mol. The summed E-state index contributed by atoms with van der Waals surface area (Å²) < 4.78 is 0. The molecule has 0 saturated heterocycles. The maximum atomic E-state index is 4.38. The van der Waals surface area contributed by atoms with E-state index in [0.29, 0.717) is 6.04 Å². The molecule has 0 aliphatic rings. The van der Waals surface area contributed by atoms with Crippen LogP contribution in [-0.4, -0.2) is 42.1 Å². The number of fused-ring (bicyclic) bond motifs is 1. The first-order valence-corrected chi connectivity index (χ1v) is 8.70. The van der Waals surface area contributed by atoms with Crippen molar-refractivity contribution >= 4 is 22.4 Å². The van der Waals surface area contributed by atoms with E-state index in [1.54, 1.807) is 0 Å². The molecule has 0 atom stereocenters. The van der Waals surface area contributed by atoms with Gasteiger partial charge in [-0.2, -0.15) is 0 Å². The average molecular weight is 337 g/mol. The van der Waals surface area contributed by atoms with E-state index in [-0.39, 0.29) is 0 Å². The summed E-state index contributed by atoms with van der Waals surface area (Å²) in [5, 5.41) is 7.63. The van der Waals surface area contributed by atoms with Gasteiger partial charge < -0.3 is 15.6 Å². The number of benzene rings is 1. The molecule has 3 N–H and O–H groups in total. The van der Waals surface area contributed by atoms with Crippen molar-refractivity contribution in [1.29, 1.82) is 0 Å². The Bertz CT molecular complexity index is 866. The first-order valence-electron chi connectivity index (χ1n) is 8.70. The van der Waals surface area contributed by atoms with E-state index in [1.165, 1.54) is 10.9 Å². The van der Waals surface area contributed by atoms with Gasteiger partial charge in [-0.15, -0.1) is 0 Å². The van der Waals surface area contributed by atoms with E-state index in [4.69, 9.17) is 0 Å². The van der Waals surface area contributed by atoms with Crippen molar-refractivity contribution in [2.45, 2.75) is 26.4 Å². The summed E-state index contributed by atoms with van der Waals surface area (Å²) in [5.74, 6) is 0.845. The highest BCUT2D eigenvalue weighted by Crippen LogP contribution is 2.33. The summed E-state index contributed by atoms with van der Waals surface area (Å²) in [6, 6.07) is 11.4. The van der Waals surface area contributed by atoms with Crippen LogP contribution in [0.25, 0.3) is 22.2 Å². The van der Waals surface area contributed by atoms with Gasteiger partial charge in [0.1, 0.15) is 5.82 Å². The Balaban J connectivity index is 2.00. The van der Waals surface area contributed by atoms with Gasteiger partial charge in [0.25, 0.3) is 0 Å². The van der Waals surface area contributed by atoms with Crippen molar-refractivity contribution in [3.63, 3.8) is 0 Å². The number of aromatic nitrogens is 2. The fourth-order valence-corrected chi connectivity index (χ4v) is 3.02. The number of anilines is 2. The van der Waals surface area contributed by atoms with Crippen LogP contribution in [0.15, 0.2) is 36.5 Å². The van der Waals surface area contributed by atoms with E-state index in [0.717, 1.165) is 34.8 Å². The largest absolute Gasteiger partial charge is 0.385 e. The van der Waals surface area contributed by atoms with E-state index in [2.05, 4.69) is 70.7 Å². The number of nitrogens with zero attached hydrogens (tertiary/aromatic N) is 2. The molecule has 132 valence electrons. The molecule has 0 unspecified atom stereocenters. The van der Waals surface area contributed by atoms with E-state index in [9.17, 15) is 0 Å². The van der Waals surface area contributed by atoms with Crippen LogP contribution in [0.4, 0.5) is 11.5 Å². The fraction of sp³-hybridized carbons (Fsp3) is 0.350. The Hall–Kier alpha value is -2.53. The molecule has 3 rings (SSSR count). The molecule has 0 spiro atoms. The first kappa shape index (κ1) is 17.3. The number of hydrogen-bond donors (Lipinski definition) is 3. The first-order chi connectivity index (χ1) is 12.0. The summed E-state index contributed by atoms with van der Waals surface area (Å²) in [5.41, 5.74) is 5.67. The van der Waals surface area contributed by atoms with Crippen LogP contribution in [0, 0.1) is 0 Å². The quantitative estimate of drug-likeness (QED) is 0.632. The SMILES string of the molecule is CNc1nccc(-c2cc3cc(CN(C)C(C)C)ccc3[nH]2)c1NC. The molecule has 1 aromatic carbocycles. The highest BCUT2D eigenvalue weighted by atomic mass is 15.1. The lowest BCUT2D eigenvalue weighted by atomic mass is 10.1. The molecule has 0 radical (unpaired) electrons. The normalized spacial score (nSPS) is 11.5. The van der Waals surface area contributed by atoms with Crippen LogP contribution >= 0.6 is 0 Å². The zero-order valence-electron chi connectivity index (χ0n) is 15.6. The molecule has 2 aromatic heterocycles. The van der Waals surface area contributed by atoms with Gasteiger partial charge in [0.05, 0.1) is 5.69 Å². The third-order valence-electron chi connectivity index (χ3n) is 4.73. The van der Waals surface area contributed by atoms with Crippen molar-refractivity contribution in [3.05, 3.63) is 42.1 Å². The molecule has 0 aliphatic carbocycles. The van der Waals surface area contributed by atoms with Gasteiger partial charge in [-0.25, -0.2) is 4.98 Å². The van der Waals surface area contributed by atoms with Crippen molar-refractivity contribution in [2.24, 2.45) is 0 Å². The van der Waals surface area contributed by atoms with Gasteiger partial charge in [0.2, 0.25) is 0 Å². The minimum absolute atomic E-state index is 0.535. The van der Waals surface area contributed by atoms with Gasteiger partial charge in [-0.3, -0.25) is 4.90 Å². The molecule has 0 amide bonds. The summed E-state index contributed by atoms with van der Waals surface area (Å²) in [4.78, 5) is 10.3. The molecule has 5 nitrogen and oxygen atoms in total. The third-order valence-corrected chi connectivity index (χ3v) is 4.73. The average Bonchev–Trinajstić information content (AvgIpc) is 3.03. The number of rotatable bonds is 6. The maximum Gasteiger partial charge on any atom is 0.149 e. The van der Waals surface area contributed by atoms with Crippen LogP contribution < -0.4 is 10.6 Å². The molecule has 0 fully saturated rings. The Morgan fingerprint density at radius 1 is 1.12 bits per heavy atom. The Kier molecular flexibility index (Phi) is 4.95. The lowest BCUT2D eigenvalue weighted by Crippen LogP contribution is -2.25. The second-order valence-corrected chi connectivity index (χ2v) is 6.70. The van der Waals surface area contributed by atoms with Crippen molar-refractivity contribution < 1.29 is 0 Å². The zero-order chi connectivity index (χ0) is 18.0. The van der Waals surface area contributed by atoms with Crippen molar-refractivity contribution in [3.8, 4) is 11.3 Å². The molecule has 0 aliphatic heterocycles. The Morgan fingerprint density at radius 3 is 2.60 bits per heavy atom. The Labute approximate surface area is 149 Å². The topological polar surface area (TPSA) is 56.0 Å². The number of pyridine rings is 1. The van der Waals surface area contributed by atoms with Crippen LogP contribution in [0.3, 0.4) is 0 Å². The highest BCUT2D eigenvalue weighted by Gasteiger charge is 2.12. The van der Waals surface area contributed by atoms with E-state index < -0.39 is 0 Å². The van der Waals surface area contributed by atoms with Crippen LogP contribution in [0.5, 0.6) is 0 Å². The van der Waals surface area contributed by atoms with Gasteiger partial charge in [0, 0.05) is 55.0 Å².